The van der Waals surface area contributed by atoms with Crippen LogP contribution in [0.15, 0.2) is 92.9 Å². The summed E-state index contributed by atoms with van der Waals surface area (Å²) in [6.45, 7) is 1.97. The number of hydrogen-bond donors (Lipinski definition) is 2. The first-order valence-corrected chi connectivity index (χ1v) is 10.4. The lowest BCUT2D eigenvalue weighted by atomic mass is 9.99. The summed E-state index contributed by atoms with van der Waals surface area (Å²) in [4.78, 5) is 30.6. The van der Waals surface area contributed by atoms with Gasteiger partial charge in [0.25, 0.3) is 0 Å². The standard InChI is InChI=1S/C27H18N2O3/c1-15-8-7-13-20-24(15)29-25-21(32-20)14-19(28-16-9-3-2-4-10-16)22-23(25)27(31)18-12-6-5-11-17(18)26(22)30/h2-14,28-29H,1H3. The van der Waals surface area contributed by atoms with E-state index in [0.29, 0.717) is 43.9 Å². The van der Waals surface area contributed by atoms with Crippen LogP contribution in [0.5, 0.6) is 0 Å². The Bertz CT molecular complexity index is 1800. The Labute approximate surface area is 181 Å². The van der Waals surface area contributed by atoms with E-state index in [4.69, 9.17) is 4.42 Å². The second-order valence-electron chi connectivity index (χ2n) is 7.92. The van der Waals surface area contributed by atoms with Crippen molar-refractivity contribution in [1.82, 2.24) is 4.98 Å². The van der Waals surface area contributed by atoms with Crippen LogP contribution in [-0.2, 0) is 0 Å². The molecule has 5 heteroatoms. The minimum atomic E-state index is -0.198. The highest BCUT2D eigenvalue weighted by atomic mass is 16.3. The van der Waals surface area contributed by atoms with E-state index in [-0.39, 0.29) is 10.9 Å². The molecule has 0 aliphatic rings. The average molecular weight is 418 g/mol. The number of para-hydroxylation sites is 2. The van der Waals surface area contributed by atoms with E-state index in [1.807, 2.05) is 55.5 Å². The summed E-state index contributed by atoms with van der Waals surface area (Å²) in [5.41, 5.74) is 4.45. The maximum Gasteiger partial charge on any atom is 0.196 e. The van der Waals surface area contributed by atoms with E-state index in [0.717, 1.165) is 16.8 Å². The SMILES string of the molecule is Cc1cccc2oc3cc(Nc4ccccc4)c4c(=O)c5ccccc5c(=O)c4c3[nH]c12. The molecule has 0 fully saturated rings. The van der Waals surface area contributed by atoms with Crippen LogP contribution in [0.2, 0.25) is 0 Å². The molecule has 1 heterocycles. The number of aromatic nitrogens is 1. The molecule has 32 heavy (non-hydrogen) atoms. The van der Waals surface area contributed by atoms with E-state index in [1.54, 1.807) is 30.3 Å². The normalized spacial score (nSPS) is 11.5. The molecule has 6 aromatic rings. The molecule has 0 aliphatic heterocycles. The zero-order valence-corrected chi connectivity index (χ0v) is 17.2. The fourth-order valence-corrected chi connectivity index (χ4v) is 4.38. The van der Waals surface area contributed by atoms with Gasteiger partial charge in [-0.3, -0.25) is 9.59 Å². The van der Waals surface area contributed by atoms with Gasteiger partial charge in [0.2, 0.25) is 0 Å². The number of aromatic amines is 1. The van der Waals surface area contributed by atoms with Crippen LogP contribution < -0.4 is 16.2 Å². The lowest BCUT2D eigenvalue weighted by Gasteiger charge is -2.13. The molecule has 0 saturated carbocycles. The number of H-pyrrole nitrogens is 1. The van der Waals surface area contributed by atoms with Crippen molar-refractivity contribution in [2.45, 2.75) is 6.92 Å². The number of fused-ring (bicyclic) bond motifs is 5. The van der Waals surface area contributed by atoms with Crippen molar-refractivity contribution < 1.29 is 4.42 Å². The molecule has 6 rings (SSSR count). The van der Waals surface area contributed by atoms with E-state index in [2.05, 4.69) is 10.3 Å². The minimum Gasteiger partial charge on any atom is -0.453 e. The second kappa shape index (κ2) is 6.82. The molecule has 0 atom stereocenters. The van der Waals surface area contributed by atoms with E-state index in [1.165, 1.54) is 0 Å². The Morgan fingerprint density at radius 1 is 0.719 bits per heavy atom. The summed E-state index contributed by atoms with van der Waals surface area (Å²) < 4.78 is 6.21. The van der Waals surface area contributed by atoms with Gasteiger partial charge < -0.3 is 14.7 Å². The molecule has 5 aromatic carbocycles. The summed E-state index contributed by atoms with van der Waals surface area (Å²) in [6, 6.07) is 24.1. The van der Waals surface area contributed by atoms with E-state index >= 15 is 0 Å². The smallest absolute Gasteiger partial charge is 0.196 e. The quantitative estimate of drug-likeness (QED) is 0.267. The molecule has 154 valence electrons. The number of aryl methyl sites for hydroxylation is 1. The fraction of sp³-hybridized carbons (Fsp3) is 0.0370. The maximum atomic E-state index is 13.7. The van der Waals surface area contributed by atoms with Gasteiger partial charge in [-0.1, -0.05) is 54.6 Å². The van der Waals surface area contributed by atoms with Crippen LogP contribution in [0.3, 0.4) is 0 Å². The van der Waals surface area contributed by atoms with Gasteiger partial charge in [0.1, 0.15) is 0 Å². The highest BCUT2D eigenvalue weighted by molar-refractivity contribution is 6.15. The highest BCUT2D eigenvalue weighted by Gasteiger charge is 2.19. The van der Waals surface area contributed by atoms with Gasteiger partial charge in [-0.05, 0) is 30.7 Å². The number of benzene rings is 5. The second-order valence-corrected chi connectivity index (χ2v) is 7.92. The van der Waals surface area contributed by atoms with E-state index in [9.17, 15) is 9.59 Å². The minimum absolute atomic E-state index is 0.186. The Kier molecular flexibility index (Phi) is 3.92. The van der Waals surface area contributed by atoms with Crippen LogP contribution in [0.4, 0.5) is 11.4 Å². The zero-order valence-electron chi connectivity index (χ0n) is 17.2. The van der Waals surface area contributed by atoms with Crippen molar-refractivity contribution in [3.05, 3.63) is 105 Å². The van der Waals surface area contributed by atoms with Gasteiger partial charge in [-0.15, -0.1) is 0 Å². The molecule has 1 aromatic heterocycles. The van der Waals surface area contributed by atoms with E-state index < -0.39 is 0 Å². The molecule has 0 saturated heterocycles. The van der Waals surface area contributed by atoms with Gasteiger partial charge in [0, 0.05) is 22.5 Å². The van der Waals surface area contributed by atoms with Crippen molar-refractivity contribution in [3.8, 4) is 0 Å². The Morgan fingerprint density at radius 3 is 2.16 bits per heavy atom. The average Bonchev–Trinajstić information content (AvgIpc) is 2.82. The number of nitrogens with one attached hydrogen (secondary N) is 2. The van der Waals surface area contributed by atoms with Gasteiger partial charge in [-0.2, -0.15) is 0 Å². The summed E-state index contributed by atoms with van der Waals surface area (Å²) in [6.07, 6.45) is 0. The first-order chi connectivity index (χ1) is 15.6. The first kappa shape index (κ1) is 18.4. The fourth-order valence-electron chi connectivity index (χ4n) is 4.38. The van der Waals surface area contributed by atoms with Gasteiger partial charge in [0.15, 0.2) is 22.0 Å². The third-order valence-electron chi connectivity index (χ3n) is 5.92. The van der Waals surface area contributed by atoms with Crippen molar-refractivity contribution in [2.75, 3.05) is 5.32 Å². The predicted molar refractivity (Wildman–Crippen MR) is 130 cm³/mol. The first-order valence-electron chi connectivity index (χ1n) is 10.4. The number of rotatable bonds is 2. The van der Waals surface area contributed by atoms with Crippen LogP contribution in [0, 0.1) is 6.92 Å². The lowest BCUT2D eigenvalue weighted by Crippen LogP contribution is -2.15. The zero-order chi connectivity index (χ0) is 21.8. The van der Waals surface area contributed by atoms with Crippen molar-refractivity contribution in [3.63, 3.8) is 0 Å². The van der Waals surface area contributed by atoms with Crippen LogP contribution >= 0.6 is 0 Å². The van der Waals surface area contributed by atoms with Gasteiger partial charge >= 0.3 is 0 Å². The molecule has 0 bridgehead atoms. The molecule has 0 spiro atoms. The van der Waals surface area contributed by atoms with Crippen LogP contribution in [0.25, 0.3) is 43.7 Å². The molecule has 0 aliphatic carbocycles. The topological polar surface area (TPSA) is 75.1 Å². The van der Waals surface area contributed by atoms with Crippen LogP contribution in [-0.4, -0.2) is 4.98 Å². The summed E-state index contributed by atoms with van der Waals surface area (Å²) >= 11 is 0. The van der Waals surface area contributed by atoms with Gasteiger partial charge in [0.05, 0.1) is 27.5 Å². The molecule has 0 amide bonds. The van der Waals surface area contributed by atoms with Crippen molar-refractivity contribution in [2.24, 2.45) is 0 Å². The Hall–Kier alpha value is -4.38. The van der Waals surface area contributed by atoms with Crippen molar-refractivity contribution >= 4 is 55.1 Å². The van der Waals surface area contributed by atoms with Gasteiger partial charge in [-0.25, -0.2) is 0 Å². The number of anilines is 2. The Morgan fingerprint density at radius 2 is 1.41 bits per heavy atom. The number of hydrogen-bond acceptors (Lipinski definition) is 4. The molecule has 5 nitrogen and oxygen atoms in total. The lowest BCUT2D eigenvalue weighted by molar-refractivity contribution is 0.657. The summed E-state index contributed by atoms with van der Waals surface area (Å²) in [7, 11) is 0. The van der Waals surface area contributed by atoms with Crippen LogP contribution in [0.1, 0.15) is 5.56 Å². The summed E-state index contributed by atoms with van der Waals surface area (Å²) in [5.74, 6) is 0. The highest BCUT2D eigenvalue weighted by Crippen LogP contribution is 2.33. The largest absolute Gasteiger partial charge is 0.453 e. The molecular formula is C27H18N2O3. The molecule has 0 unspecified atom stereocenters. The predicted octanol–water partition coefficient (Wildman–Crippen LogP) is 5.99. The molecular weight excluding hydrogens is 400 g/mol. The third-order valence-corrected chi connectivity index (χ3v) is 5.92. The monoisotopic (exact) mass is 418 g/mol. The summed E-state index contributed by atoms with van der Waals surface area (Å²) in [5, 5.41) is 4.82. The maximum absolute atomic E-state index is 13.7. The van der Waals surface area contributed by atoms with Crippen molar-refractivity contribution in [1.29, 1.82) is 0 Å². The molecule has 2 N–H and O–H groups in total. The molecule has 0 radical (unpaired) electrons. The Balaban J connectivity index is 1.85. The third kappa shape index (κ3) is 2.65.